The number of nitro benzene ring substituents is 1. The minimum atomic E-state index is -0.689. The summed E-state index contributed by atoms with van der Waals surface area (Å²) in [5.74, 6) is -0.329. The van der Waals surface area contributed by atoms with Crippen molar-refractivity contribution in [2.45, 2.75) is 6.54 Å². The van der Waals surface area contributed by atoms with Gasteiger partial charge in [0.2, 0.25) is 0 Å². The van der Waals surface area contributed by atoms with Crippen molar-refractivity contribution >= 4 is 5.69 Å². The summed E-state index contributed by atoms with van der Waals surface area (Å²) in [6.07, 6.45) is 1.46. The van der Waals surface area contributed by atoms with Crippen LogP contribution in [0.25, 0.3) is 11.4 Å². The topological polar surface area (TPSA) is 83.1 Å². The van der Waals surface area contributed by atoms with Crippen LogP contribution in [0.4, 0.5) is 10.1 Å². The molecule has 0 spiro atoms. The van der Waals surface area contributed by atoms with E-state index in [-0.39, 0.29) is 5.69 Å². The molecule has 0 unspecified atom stereocenters. The number of nitro groups is 1. The quantitative estimate of drug-likeness (QED) is 0.606. The third kappa shape index (κ3) is 2.91. The molecule has 0 atom stereocenters. The number of halogens is 1. The number of nitrogens with zero attached hydrogens (tertiary/aromatic N) is 4. The minimum Gasteiger partial charge on any atom is -0.383 e. The van der Waals surface area contributed by atoms with E-state index < -0.39 is 10.7 Å². The van der Waals surface area contributed by atoms with Crippen LogP contribution in [0.5, 0.6) is 0 Å². The number of methoxy groups -OCH3 is 1. The maximum Gasteiger partial charge on any atom is 0.273 e. The predicted octanol–water partition coefficient (Wildman–Crippen LogP) is 1.64. The van der Waals surface area contributed by atoms with Gasteiger partial charge in [-0.15, -0.1) is 10.2 Å². The van der Waals surface area contributed by atoms with Crippen LogP contribution in [0.2, 0.25) is 0 Å². The maximum absolute atomic E-state index is 13.4. The molecule has 0 saturated heterocycles. The summed E-state index contributed by atoms with van der Waals surface area (Å²) in [6.45, 7) is 0.908. The van der Waals surface area contributed by atoms with Crippen molar-refractivity contribution in [2.24, 2.45) is 0 Å². The van der Waals surface area contributed by atoms with Crippen LogP contribution >= 0.6 is 0 Å². The second-order valence-electron chi connectivity index (χ2n) is 3.80. The normalized spacial score (nSPS) is 10.6. The lowest BCUT2D eigenvalue weighted by Crippen LogP contribution is -2.05. The fraction of sp³-hybridized carbons (Fsp3) is 0.273. The monoisotopic (exact) mass is 266 g/mol. The van der Waals surface area contributed by atoms with Gasteiger partial charge in [-0.25, -0.2) is 4.39 Å². The van der Waals surface area contributed by atoms with Crippen molar-refractivity contribution in [3.8, 4) is 11.4 Å². The highest BCUT2D eigenvalue weighted by Gasteiger charge is 2.14. The van der Waals surface area contributed by atoms with Gasteiger partial charge in [0, 0.05) is 25.3 Å². The first-order valence-corrected chi connectivity index (χ1v) is 5.44. The first kappa shape index (κ1) is 13.1. The van der Waals surface area contributed by atoms with E-state index in [0.29, 0.717) is 24.5 Å². The van der Waals surface area contributed by atoms with Crippen LogP contribution in [0.15, 0.2) is 24.5 Å². The summed E-state index contributed by atoms with van der Waals surface area (Å²) in [5, 5.41) is 18.3. The molecule has 2 aromatic rings. The fourth-order valence-corrected chi connectivity index (χ4v) is 1.64. The Bertz CT molecular complexity index is 599. The number of non-ortho nitro benzene ring substituents is 1. The molecule has 0 N–H and O–H groups in total. The molecule has 0 bridgehead atoms. The van der Waals surface area contributed by atoms with Gasteiger partial charge in [0.05, 0.1) is 17.6 Å². The zero-order valence-corrected chi connectivity index (χ0v) is 10.1. The number of ether oxygens (including phenoxy) is 1. The molecule has 1 heterocycles. The molecule has 0 aliphatic heterocycles. The highest BCUT2D eigenvalue weighted by Crippen LogP contribution is 2.23. The molecule has 1 aromatic heterocycles. The summed E-state index contributed by atoms with van der Waals surface area (Å²) in [6, 6.07) is 3.30. The van der Waals surface area contributed by atoms with Gasteiger partial charge in [-0.1, -0.05) is 0 Å². The van der Waals surface area contributed by atoms with E-state index in [4.69, 9.17) is 4.74 Å². The highest BCUT2D eigenvalue weighted by atomic mass is 19.1. The zero-order chi connectivity index (χ0) is 13.8. The number of hydrogen-bond acceptors (Lipinski definition) is 5. The molecule has 2 rings (SSSR count). The summed E-state index contributed by atoms with van der Waals surface area (Å²) in [5.41, 5.74) is -0.0170. The van der Waals surface area contributed by atoms with Gasteiger partial charge in [0.25, 0.3) is 5.69 Å². The number of rotatable bonds is 5. The van der Waals surface area contributed by atoms with E-state index in [1.165, 1.54) is 18.5 Å². The van der Waals surface area contributed by atoms with Gasteiger partial charge < -0.3 is 9.30 Å². The Kier molecular flexibility index (Phi) is 3.81. The van der Waals surface area contributed by atoms with Crippen molar-refractivity contribution in [2.75, 3.05) is 13.7 Å². The van der Waals surface area contributed by atoms with Crippen LogP contribution in [-0.4, -0.2) is 33.4 Å². The van der Waals surface area contributed by atoms with E-state index in [1.54, 1.807) is 11.7 Å². The first-order chi connectivity index (χ1) is 9.11. The molecule has 7 nitrogen and oxygen atoms in total. The molecule has 0 radical (unpaired) electrons. The number of benzene rings is 1. The smallest absolute Gasteiger partial charge is 0.273 e. The van der Waals surface area contributed by atoms with Gasteiger partial charge in [0.1, 0.15) is 12.1 Å². The lowest BCUT2D eigenvalue weighted by molar-refractivity contribution is -0.385. The predicted molar refractivity (Wildman–Crippen MR) is 63.9 cm³/mol. The van der Waals surface area contributed by atoms with E-state index >= 15 is 0 Å². The van der Waals surface area contributed by atoms with Crippen LogP contribution in [0.3, 0.4) is 0 Å². The molecule has 1 aromatic carbocycles. The third-order valence-electron chi connectivity index (χ3n) is 2.50. The summed E-state index contributed by atoms with van der Waals surface area (Å²) in [7, 11) is 1.55. The molecular weight excluding hydrogens is 255 g/mol. The van der Waals surface area contributed by atoms with Gasteiger partial charge in [-0.3, -0.25) is 10.1 Å². The van der Waals surface area contributed by atoms with E-state index in [2.05, 4.69) is 10.2 Å². The van der Waals surface area contributed by atoms with Crippen molar-refractivity contribution < 1.29 is 14.1 Å². The van der Waals surface area contributed by atoms with Crippen molar-refractivity contribution in [3.05, 3.63) is 40.5 Å². The Labute approximate surface area is 107 Å². The van der Waals surface area contributed by atoms with E-state index in [0.717, 1.165) is 6.07 Å². The summed E-state index contributed by atoms with van der Waals surface area (Å²) in [4.78, 5) is 10.1. The molecule has 0 fully saturated rings. The SMILES string of the molecule is COCCn1cnnc1-c1cc(F)cc([N+](=O)[O-])c1. The molecule has 0 saturated carbocycles. The number of aromatic nitrogens is 3. The van der Waals surface area contributed by atoms with Gasteiger partial charge in [-0.05, 0) is 6.07 Å². The fourth-order valence-electron chi connectivity index (χ4n) is 1.64. The first-order valence-electron chi connectivity index (χ1n) is 5.44. The molecule has 0 aliphatic carbocycles. The molecule has 0 aliphatic rings. The second-order valence-corrected chi connectivity index (χ2v) is 3.80. The second kappa shape index (κ2) is 5.53. The maximum atomic E-state index is 13.4. The van der Waals surface area contributed by atoms with Crippen molar-refractivity contribution in [1.29, 1.82) is 0 Å². The van der Waals surface area contributed by atoms with Crippen molar-refractivity contribution in [1.82, 2.24) is 14.8 Å². The van der Waals surface area contributed by atoms with Crippen LogP contribution in [0.1, 0.15) is 0 Å². The summed E-state index contributed by atoms with van der Waals surface area (Å²) < 4.78 is 20.0. The van der Waals surface area contributed by atoms with Gasteiger partial charge in [-0.2, -0.15) is 0 Å². The highest BCUT2D eigenvalue weighted by molar-refractivity contribution is 5.59. The Morgan fingerprint density at radius 2 is 2.26 bits per heavy atom. The number of hydrogen-bond donors (Lipinski definition) is 0. The lowest BCUT2D eigenvalue weighted by atomic mass is 10.2. The van der Waals surface area contributed by atoms with Crippen molar-refractivity contribution in [3.63, 3.8) is 0 Å². The Balaban J connectivity index is 2.41. The Morgan fingerprint density at radius 3 is 2.95 bits per heavy atom. The lowest BCUT2D eigenvalue weighted by Gasteiger charge is -2.05. The van der Waals surface area contributed by atoms with Gasteiger partial charge in [0.15, 0.2) is 5.82 Å². The Hall–Kier alpha value is -2.35. The van der Waals surface area contributed by atoms with Gasteiger partial charge >= 0.3 is 0 Å². The zero-order valence-electron chi connectivity index (χ0n) is 10.1. The summed E-state index contributed by atoms with van der Waals surface area (Å²) >= 11 is 0. The van der Waals surface area contributed by atoms with E-state index in [9.17, 15) is 14.5 Å². The Morgan fingerprint density at radius 1 is 1.47 bits per heavy atom. The average molecular weight is 266 g/mol. The van der Waals surface area contributed by atoms with Crippen LogP contribution < -0.4 is 0 Å². The molecule has 8 heteroatoms. The molecule has 100 valence electrons. The molecule has 0 amide bonds. The van der Waals surface area contributed by atoms with Crippen LogP contribution in [-0.2, 0) is 11.3 Å². The van der Waals surface area contributed by atoms with E-state index in [1.807, 2.05) is 0 Å². The largest absolute Gasteiger partial charge is 0.383 e. The molecular formula is C11H11FN4O3. The van der Waals surface area contributed by atoms with Crippen LogP contribution in [0, 0.1) is 15.9 Å². The third-order valence-corrected chi connectivity index (χ3v) is 2.50. The standard InChI is InChI=1S/C11H11FN4O3/c1-19-3-2-15-7-13-14-11(15)8-4-9(12)6-10(5-8)16(17)18/h4-7H,2-3H2,1H3. The molecule has 19 heavy (non-hydrogen) atoms. The minimum absolute atomic E-state index is 0.306. The average Bonchev–Trinajstić information content (AvgIpc) is 2.83.